The lowest BCUT2D eigenvalue weighted by Crippen LogP contribution is -2.12. The molecule has 0 amide bonds. The molecule has 0 N–H and O–H groups in total. The lowest BCUT2D eigenvalue weighted by Gasteiger charge is -2.04. The summed E-state index contributed by atoms with van der Waals surface area (Å²) in [5, 5.41) is 28.7. The van der Waals surface area contributed by atoms with Crippen LogP contribution < -0.4 is 14.3 Å². The van der Waals surface area contributed by atoms with E-state index in [2.05, 4.69) is 10.1 Å². The fourth-order valence-electron chi connectivity index (χ4n) is 2.94. The van der Waals surface area contributed by atoms with Crippen molar-refractivity contribution in [3.05, 3.63) is 72.4 Å². The highest BCUT2D eigenvalue weighted by Gasteiger charge is 2.22. The number of nitro benzene ring substituents is 2. The Balaban J connectivity index is 1.79. The van der Waals surface area contributed by atoms with Gasteiger partial charge in [-0.1, -0.05) is 0 Å². The number of non-ortho nitro benzene ring substituents is 1. The van der Waals surface area contributed by atoms with E-state index in [9.17, 15) is 20.2 Å². The fourth-order valence-corrected chi connectivity index (χ4v) is 3.84. The first kappa shape index (κ1) is 20.2. The van der Waals surface area contributed by atoms with Crippen LogP contribution in [0, 0.1) is 20.2 Å². The molecule has 0 saturated heterocycles. The molecule has 3 aromatic rings. The zero-order chi connectivity index (χ0) is 22.0. The molecule has 2 heterocycles. The summed E-state index contributed by atoms with van der Waals surface area (Å²) >= 11 is 1.34. The molecule has 0 saturated carbocycles. The van der Waals surface area contributed by atoms with Crippen molar-refractivity contribution in [3.8, 4) is 22.8 Å². The molecule has 158 valence electrons. The number of nitrogens with zero attached hydrogens (tertiary/aromatic N) is 5. The van der Waals surface area contributed by atoms with Crippen LogP contribution in [0.3, 0.4) is 0 Å². The van der Waals surface area contributed by atoms with Gasteiger partial charge in [-0.2, -0.15) is 5.10 Å². The number of benzene rings is 2. The van der Waals surface area contributed by atoms with Crippen molar-refractivity contribution in [3.63, 3.8) is 0 Å². The third-order valence-corrected chi connectivity index (χ3v) is 5.24. The van der Waals surface area contributed by atoms with Crippen LogP contribution in [0.5, 0.6) is 11.5 Å². The molecule has 11 nitrogen and oxygen atoms in total. The van der Waals surface area contributed by atoms with Gasteiger partial charge in [-0.05, 0) is 25.1 Å². The number of hydrogen-bond donors (Lipinski definition) is 0. The van der Waals surface area contributed by atoms with Gasteiger partial charge in [0, 0.05) is 29.6 Å². The van der Waals surface area contributed by atoms with Crippen LogP contribution in [0.15, 0.2) is 51.9 Å². The van der Waals surface area contributed by atoms with E-state index in [1.807, 2.05) is 12.3 Å². The first-order valence-electron chi connectivity index (χ1n) is 9.06. The minimum absolute atomic E-state index is 0.00379. The second-order valence-corrected chi connectivity index (χ2v) is 7.10. The van der Waals surface area contributed by atoms with E-state index in [0.29, 0.717) is 34.1 Å². The second-order valence-electron chi connectivity index (χ2n) is 6.26. The summed E-state index contributed by atoms with van der Waals surface area (Å²) in [4.78, 5) is 26.4. The van der Waals surface area contributed by atoms with Crippen molar-refractivity contribution < 1.29 is 19.3 Å². The highest BCUT2D eigenvalue weighted by Crippen LogP contribution is 2.37. The van der Waals surface area contributed by atoms with Crippen LogP contribution in [0.1, 0.15) is 12.5 Å². The predicted octanol–water partition coefficient (Wildman–Crippen LogP) is 3.56. The Morgan fingerprint density at radius 1 is 1.13 bits per heavy atom. The van der Waals surface area contributed by atoms with Gasteiger partial charge in [0.05, 0.1) is 33.4 Å². The van der Waals surface area contributed by atoms with Crippen LogP contribution in [-0.2, 0) is 0 Å². The maximum Gasteiger partial charge on any atom is 0.282 e. The number of ether oxygens (including phenoxy) is 2. The van der Waals surface area contributed by atoms with Crippen LogP contribution in [0.25, 0.3) is 11.3 Å². The molecular formula is C19H15N5O6S. The van der Waals surface area contributed by atoms with E-state index in [0.717, 1.165) is 0 Å². The average molecular weight is 441 g/mol. The average Bonchev–Trinajstić information content (AvgIpc) is 3.38. The van der Waals surface area contributed by atoms with Gasteiger partial charge in [-0.25, -0.2) is 4.68 Å². The van der Waals surface area contributed by atoms with E-state index in [1.54, 1.807) is 16.8 Å². The molecule has 2 aromatic carbocycles. The molecule has 0 atom stereocenters. The lowest BCUT2D eigenvalue weighted by atomic mass is 10.1. The molecule has 0 aliphatic carbocycles. The SMILES string of the molecule is CCN=c1scc(-c2ccc([N+](=O)[O-])cc2)n1N=Cc1cc2c(cc1[N+](=O)[O-])OCO2. The zero-order valence-electron chi connectivity index (χ0n) is 16.1. The second kappa shape index (κ2) is 8.36. The van der Waals surface area contributed by atoms with Crippen LogP contribution in [0.2, 0.25) is 0 Å². The van der Waals surface area contributed by atoms with Crippen molar-refractivity contribution in [2.75, 3.05) is 13.3 Å². The highest BCUT2D eigenvalue weighted by atomic mass is 32.1. The van der Waals surface area contributed by atoms with Crippen LogP contribution in [-0.4, -0.2) is 34.1 Å². The van der Waals surface area contributed by atoms with Gasteiger partial charge in [0.1, 0.15) is 0 Å². The van der Waals surface area contributed by atoms with Gasteiger partial charge in [0.15, 0.2) is 11.5 Å². The lowest BCUT2D eigenvalue weighted by molar-refractivity contribution is -0.385. The molecule has 1 aliphatic rings. The summed E-state index contributed by atoms with van der Waals surface area (Å²) < 4.78 is 12.1. The maximum absolute atomic E-state index is 11.5. The first-order chi connectivity index (χ1) is 15.0. The Hall–Kier alpha value is -4.06. The molecule has 4 rings (SSSR count). The summed E-state index contributed by atoms with van der Waals surface area (Å²) in [6.07, 6.45) is 1.36. The third-order valence-electron chi connectivity index (χ3n) is 4.38. The van der Waals surface area contributed by atoms with Gasteiger partial charge >= 0.3 is 0 Å². The number of nitro groups is 2. The standard InChI is InChI=1S/C19H15N5O6S/c1-2-20-19-22(16(10-31-19)12-3-5-14(6-4-12)23(25)26)21-9-13-7-17-18(30-11-29-17)8-15(13)24(27)28/h3-10H,2,11H2,1H3. The summed E-state index contributed by atoms with van der Waals surface area (Å²) in [6.45, 7) is 2.39. The largest absolute Gasteiger partial charge is 0.454 e. The molecule has 0 radical (unpaired) electrons. The molecule has 0 unspecified atom stereocenters. The van der Waals surface area contributed by atoms with E-state index in [1.165, 1.54) is 41.8 Å². The molecule has 31 heavy (non-hydrogen) atoms. The molecule has 1 aromatic heterocycles. The van der Waals surface area contributed by atoms with E-state index < -0.39 is 9.85 Å². The minimum Gasteiger partial charge on any atom is -0.454 e. The summed E-state index contributed by atoms with van der Waals surface area (Å²) in [7, 11) is 0. The van der Waals surface area contributed by atoms with Crippen molar-refractivity contribution in [2.45, 2.75) is 6.92 Å². The normalized spacial score (nSPS) is 13.1. The fraction of sp³-hybridized carbons (Fsp3) is 0.158. The molecular weight excluding hydrogens is 426 g/mol. The third kappa shape index (κ3) is 4.00. The zero-order valence-corrected chi connectivity index (χ0v) is 16.9. The van der Waals surface area contributed by atoms with E-state index in [4.69, 9.17) is 9.47 Å². The van der Waals surface area contributed by atoms with Gasteiger partial charge in [-0.3, -0.25) is 25.2 Å². The molecule has 12 heteroatoms. The quantitative estimate of drug-likeness (QED) is 0.326. The number of hydrogen-bond acceptors (Lipinski definition) is 9. The van der Waals surface area contributed by atoms with Gasteiger partial charge in [-0.15, -0.1) is 11.3 Å². The topological polar surface area (TPSA) is 134 Å². The Morgan fingerprint density at radius 2 is 1.84 bits per heavy atom. The first-order valence-corrected chi connectivity index (χ1v) is 9.94. The summed E-state index contributed by atoms with van der Waals surface area (Å²) in [6, 6.07) is 8.84. The maximum atomic E-state index is 11.5. The summed E-state index contributed by atoms with van der Waals surface area (Å²) in [5.41, 5.74) is 1.38. The van der Waals surface area contributed by atoms with Crippen LogP contribution in [0.4, 0.5) is 11.4 Å². The van der Waals surface area contributed by atoms with Crippen molar-refractivity contribution in [1.29, 1.82) is 0 Å². The highest BCUT2D eigenvalue weighted by molar-refractivity contribution is 7.07. The Labute approximate surface area is 178 Å². The molecule has 0 spiro atoms. The number of fused-ring (bicyclic) bond motifs is 1. The Kier molecular flexibility index (Phi) is 5.45. The Bertz CT molecular complexity index is 1260. The van der Waals surface area contributed by atoms with Crippen molar-refractivity contribution in [2.24, 2.45) is 10.1 Å². The van der Waals surface area contributed by atoms with Crippen molar-refractivity contribution in [1.82, 2.24) is 4.68 Å². The van der Waals surface area contributed by atoms with Gasteiger partial charge in [0.25, 0.3) is 11.4 Å². The smallest absolute Gasteiger partial charge is 0.282 e. The number of aromatic nitrogens is 1. The minimum atomic E-state index is -0.518. The molecule has 0 fully saturated rings. The Morgan fingerprint density at radius 3 is 2.48 bits per heavy atom. The summed E-state index contributed by atoms with van der Waals surface area (Å²) in [5.74, 6) is 0.705. The van der Waals surface area contributed by atoms with Gasteiger partial charge in [0.2, 0.25) is 11.6 Å². The number of rotatable bonds is 6. The predicted molar refractivity (Wildman–Crippen MR) is 113 cm³/mol. The van der Waals surface area contributed by atoms with E-state index in [-0.39, 0.29) is 23.7 Å². The number of thiazole rings is 1. The molecule has 0 bridgehead atoms. The monoisotopic (exact) mass is 441 g/mol. The van der Waals surface area contributed by atoms with Crippen molar-refractivity contribution >= 4 is 28.9 Å². The van der Waals surface area contributed by atoms with Crippen LogP contribution >= 0.6 is 11.3 Å². The van der Waals surface area contributed by atoms with E-state index >= 15 is 0 Å². The molecule has 1 aliphatic heterocycles. The van der Waals surface area contributed by atoms with Gasteiger partial charge < -0.3 is 9.47 Å².